The third-order valence-corrected chi connectivity index (χ3v) is 3.12. The summed E-state index contributed by atoms with van der Waals surface area (Å²) in [7, 11) is 0. The van der Waals surface area contributed by atoms with Crippen molar-refractivity contribution in [1.82, 2.24) is 9.97 Å². The van der Waals surface area contributed by atoms with E-state index in [1.54, 1.807) is 6.20 Å². The van der Waals surface area contributed by atoms with E-state index >= 15 is 0 Å². The molecule has 0 unspecified atom stereocenters. The third kappa shape index (κ3) is 1.55. The average Bonchev–Trinajstić information content (AvgIpc) is 3.04. The van der Waals surface area contributed by atoms with Crippen LogP contribution in [0.1, 0.15) is 5.56 Å². The van der Waals surface area contributed by atoms with Gasteiger partial charge in [-0.1, -0.05) is 0 Å². The first-order valence-electron chi connectivity index (χ1n) is 5.93. The summed E-state index contributed by atoms with van der Waals surface area (Å²) in [5, 5.41) is 0. The van der Waals surface area contributed by atoms with Gasteiger partial charge in [0.2, 0.25) is 18.4 Å². The summed E-state index contributed by atoms with van der Waals surface area (Å²) in [5.74, 6) is 1.99. The molecule has 0 N–H and O–H groups in total. The lowest BCUT2D eigenvalue weighted by molar-refractivity contribution is 0.174. The van der Waals surface area contributed by atoms with Gasteiger partial charge in [0.15, 0.2) is 11.5 Å². The van der Waals surface area contributed by atoms with Crippen molar-refractivity contribution >= 4 is 11.2 Å². The van der Waals surface area contributed by atoms with Gasteiger partial charge in [-0.2, -0.15) is 0 Å². The number of pyridine rings is 1. The second kappa shape index (κ2) is 3.71. The highest BCUT2D eigenvalue weighted by Gasteiger charge is 2.17. The van der Waals surface area contributed by atoms with Gasteiger partial charge in [0.05, 0.1) is 0 Å². The van der Waals surface area contributed by atoms with Crippen molar-refractivity contribution in [2.75, 3.05) is 6.79 Å². The summed E-state index contributed by atoms with van der Waals surface area (Å²) in [4.78, 5) is 8.66. The van der Waals surface area contributed by atoms with Crippen LogP contribution in [0.4, 0.5) is 0 Å². The molecule has 0 saturated carbocycles. The molecule has 0 radical (unpaired) electrons. The number of rotatable bonds is 1. The molecule has 0 aliphatic carbocycles. The Morgan fingerprint density at radius 1 is 1.11 bits per heavy atom. The molecule has 19 heavy (non-hydrogen) atoms. The van der Waals surface area contributed by atoms with Crippen LogP contribution in [-0.2, 0) is 0 Å². The summed E-state index contributed by atoms with van der Waals surface area (Å²) in [6.45, 7) is 2.24. The number of hydrogen-bond donors (Lipinski definition) is 0. The number of aryl methyl sites for hydroxylation is 1. The summed E-state index contributed by atoms with van der Waals surface area (Å²) in [5.41, 5.74) is 3.23. The van der Waals surface area contributed by atoms with Crippen LogP contribution in [0.5, 0.6) is 11.5 Å². The van der Waals surface area contributed by atoms with Gasteiger partial charge in [-0.25, -0.2) is 9.97 Å². The maximum absolute atomic E-state index is 5.68. The van der Waals surface area contributed by atoms with Gasteiger partial charge in [0.1, 0.15) is 5.52 Å². The summed E-state index contributed by atoms with van der Waals surface area (Å²) in [6, 6.07) is 7.52. The molecule has 0 fully saturated rings. The minimum absolute atomic E-state index is 0.257. The molecule has 1 aliphatic heterocycles. The van der Waals surface area contributed by atoms with Crippen molar-refractivity contribution < 1.29 is 13.9 Å². The number of hydrogen-bond acceptors (Lipinski definition) is 5. The number of ether oxygens (including phenoxy) is 2. The average molecular weight is 254 g/mol. The lowest BCUT2D eigenvalue weighted by Crippen LogP contribution is -1.92. The summed E-state index contributed by atoms with van der Waals surface area (Å²) >= 11 is 0. The Balaban J connectivity index is 1.88. The fourth-order valence-electron chi connectivity index (χ4n) is 2.11. The van der Waals surface area contributed by atoms with Crippen molar-refractivity contribution in [2.24, 2.45) is 0 Å². The van der Waals surface area contributed by atoms with E-state index < -0.39 is 0 Å². The topological polar surface area (TPSA) is 57.4 Å². The molecule has 5 heteroatoms. The molecule has 0 saturated heterocycles. The summed E-state index contributed by atoms with van der Waals surface area (Å²) in [6.07, 6.45) is 1.71. The van der Waals surface area contributed by atoms with E-state index in [0.29, 0.717) is 17.4 Å². The largest absolute Gasteiger partial charge is 0.454 e. The Hall–Kier alpha value is -2.56. The molecule has 2 aromatic heterocycles. The van der Waals surface area contributed by atoms with Crippen LogP contribution in [0.25, 0.3) is 22.7 Å². The normalized spacial score (nSPS) is 13.1. The SMILES string of the molecule is Cc1ccnc2oc(-c3ccc4c(c3)OCO4)nc12. The zero-order chi connectivity index (χ0) is 12.8. The molecule has 3 aromatic rings. The van der Waals surface area contributed by atoms with E-state index in [1.165, 1.54) is 0 Å². The molecular weight excluding hydrogens is 244 g/mol. The van der Waals surface area contributed by atoms with E-state index in [1.807, 2.05) is 31.2 Å². The Bertz CT molecular complexity index is 779. The monoisotopic (exact) mass is 254 g/mol. The van der Waals surface area contributed by atoms with Gasteiger partial charge in [-0.15, -0.1) is 0 Å². The van der Waals surface area contributed by atoms with E-state index in [9.17, 15) is 0 Å². The molecule has 3 heterocycles. The fourth-order valence-corrected chi connectivity index (χ4v) is 2.11. The van der Waals surface area contributed by atoms with E-state index in [4.69, 9.17) is 13.9 Å². The van der Waals surface area contributed by atoms with E-state index in [2.05, 4.69) is 9.97 Å². The molecule has 1 aromatic carbocycles. The zero-order valence-electron chi connectivity index (χ0n) is 10.2. The Morgan fingerprint density at radius 2 is 2.00 bits per heavy atom. The molecule has 1 aliphatic rings. The quantitative estimate of drug-likeness (QED) is 0.668. The van der Waals surface area contributed by atoms with Crippen molar-refractivity contribution in [3.8, 4) is 23.0 Å². The van der Waals surface area contributed by atoms with Crippen molar-refractivity contribution in [3.05, 3.63) is 36.0 Å². The molecule has 0 atom stereocenters. The molecule has 94 valence electrons. The van der Waals surface area contributed by atoms with Crippen LogP contribution < -0.4 is 9.47 Å². The lowest BCUT2D eigenvalue weighted by atomic mass is 10.2. The standard InChI is InChI=1S/C14H10N2O3/c1-8-4-5-15-14-12(8)16-13(19-14)9-2-3-10-11(6-9)18-7-17-10/h2-6H,7H2,1H3. The maximum atomic E-state index is 5.68. The number of aromatic nitrogens is 2. The van der Waals surface area contributed by atoms with Crippen molar-refractivity contribution in [1.29, 1.82) is 0 Å². The first kappa shape index (κ1) is 10.4. The molecule has 5 nitrogen and oxygen atoms in total. The predicted octanol–water partition coefficient (Wildman–Crippen LogP) is 2.93. The van der Waals surface area contributed by atoms with Gasteiger partial charge in [0, 0.05) is 11.8 Å². The van der Waals surface area contributed by atoms with Gasteiger partial charge in [0.25, 0.3) is 0 Å². The number of nitrogens with zero attached hydrogens (tertiary/aromatic N) is 2. The van der Waals surface area contributed by atoms with Crippen LogP contribution in [0.2, 0.25) is 0 Å². The number of fused-ring (bicyclic) bond motifs is 2. The van der Waals surface area contributed by atoms with Gasteiger partial charge in [-0.05, 0) is 36.8 Å². The van der Waals surface area contributed by atoms with E-state index in [0.717, 1.165) is 22.4 Å². The third-order valence-electron chi connectivity index (χ3n) is 3.12. The van der Waals surface area contributed by atoms with Gasteiger partial charge in [-0.3, -0.25) is 0 Å². The van der Waals surface area contributed by atoms with Crippen LogP contribution in [0.15, 0.2) is 34.9 Å². The van der Waals surface area contributed by atoms with Gasteiger partial charge >= 0.3 is 0 Å². The van der Waals surface area contributed by atoms with Crippen LogP contribution in [0.3, 0.4) is 0 Å². The van der Waals surface area contributed by atoms with Crippen LogP contribution in [-0.4, -0.2) is 16.8 Å². The smallest absolute Gasteiger partial charge is 0.247 e. The molecule has 0 amide bonds. The Labute approximate surface area is 108 Å². The maximum Gasteiger partial charge on any atom is 0.247 e. The van der Waals surface area contributed by atoms with Crippen molar-refractivity contribution in [2.45, 2.75) is 6.92 Å². The number of benzene rings is 1. The summed E-state index contributed by atoms with van der Waals surface area (Å²) < 4.78 is 16.3. The van der Waals surface area contributed by atoms with Crippen molar-refractivity contribution in [3.63, 3.8) is 0 Å². The molecule has 0 spiro atoms. The molecule has 4 rings (SSSR count). The van der Waals surface area contributed by atoms with Gasteiger partial charge < -0.3 is 13.9 Å². The zero-order valence-corrected chi connectivity index (χ0v) is 10.2. The molecular formula is C14H10N2O3. The second-order valence-corrected chi connectivity index (χ2v) is 4.37. The van der Waals surface area contributed by atoms with Crippen LogP contribution >= 0.6 is 0 Å². The minimum atomic E-state index is 0.257. The highest BCUT2D eigenvalue weighted by molar-refractivity contribution is 5.76. The Morgan fingerprint density at radius 3 is 2.89 bits per heavy atom. The van der Waals surface area contributed by atoms with E-state index in [-0.39, 0.29) is 6.79 Å². The predicted molar refractivity (Wildman–Crippen MR) is 68.1 cm³/mol. The second-order valence-electron chi connectivity index (χ2n) is 4.37. The minimum Gasteiger partial charge on any atom is -0.454 e. The highest BCUT2D eigenvalue weighted by Crippen LogP contribution is 2.36. The first-order chi connectivity index (χ1) is 9.31. The lowest BCUT2D eigenvalue weighted by Gasteiger charge is -1.97. The Kier molecular flexibility index (Phi) is 2.03. The van der Waals surface area contributed by atoms with Crippen LogP contribution in [0, 0.1) is 6.92 Å². The number of oxazole rings is 1. The first-order valence-corrected chi connectivity index (χ1v) is 5.93. The fraction of sp³-hybridized carbons (Fsp3) is 0.143. The highest BCUT2D eigenvalue weighted by atomic mass is 16.7. The molecule has 0 bridgehead atoms.